The lowest BCUT2D eigenvalue weighted by molar-refractivity contribution is 0.535. The molecular weight excluding hydrogens is 158 g/mol. The third kappa shape index (κ3) is 2.79. The van der Waals surface area contributed by atoms with Crippen molar-refractivity contribution < 1.29 is 0 Å². The minimum Gasteiger partial charge on any atom is -0.378 e. The van der Waals surface area contributed by atoms with E-state index in [0.29, 0.717) is 0 Å². The summed E-state index contributed by atoms with van der Waals surface area (Å²) in [6.45, 7) is 3.77. The van der Waals surface area contributed by atoms with Crippen molar-refractivity contribution in [2.45, 2.75) is 0 Å². The Bertz CT molecular complexity index is 296. The minimum atomic E-state index is 1.12. The first kappa shape index (κ1) is 9.59. The van der Waals surface area contributed by atoms with Crippen molar-refractivity contribution in [2.24, 2.45) is 0 Å². The monoisotopic (exact) mass is 173 g/mol. The molecule has 0 atom stereocenters. The molecule has 13 heavy (non-hydrogen) atoms. The maximum Gasteiger partial charge on any atom is 0.0361 e. The Labute approximate surface area is 80.0 Å². The van der Waals surface area contributed by atoms with E-state index < -0.39 is 0 Å². The van der Waals surface area contributed by atoms with Gasteiger partial charge in [-0.15, -0.1) is 0 Å². The Hall–Kier alpha value is -1.50. The molecule has 0 aliphatic carbocycles. The molecule has 0 spiro atoms. The lowest BCUT2D eigenvalue weighted by Gasteiger charge is -2.12. The van der Waals surface area contributed by atoms with Crippen molar-refractivity contribution >= 4 is 6.08 Å². The van der Waals surface area contributed by atoms with Crippen LogP contribution in [0, 0.1) is 0 Å². The predicted molar refractivity (Wildman–Crippen MR) is 58.3 cm³/mol. The van der Waals surface area contributed by atoms with Crippen molar-refractivity contribution in [1.82, 2.24) is 4.90 Å². The van der Waals surface area contributed by atoms with Gasteiger partial charge in [0.05, 0.1) is 0 Å². The second-order valence-electron chi connectivity index (χ2n) is 3.08. The van der Waals surface area contributed by atoms with Gasteiger partial charge in [-0.05, 0) is 17.7 Å². The van der Waals surface area contributed by atoms with Crippen LogP contribution >= 0.6 is 0 Å². The number of likely N-dealkylation sites (N-methyl/N-ethyl adjacent to an activating group) is 1. The molecule has 1 aromatic rings. The van der Waals surface area contributed by atoms with Gasteiger partial charge >= 0.3 is 0 Å². The molecule has 0 radical (unpaired) electrons. The smallest absolute Gasteiger partial charge is 0.0361 e. The third-order valence-electron chi connectivity index (χ3n) is 1.84. The molecule has 1 nitrogen and oxygen atoms in total. The largest absolute Gasteiger partial charge is 0.378 e. The molecule has 0 saturated carbocycles. The Morgan fingerprint density at radius 1 is 1.23 bits per heavy atom. The highest BCUT2D eigenvalue weighted by Gasteiger charge is 1.93. The van der Waals surface area contributed by atoms with Crippen molar-refractivity contribution in [3.05, 3.63) is 54.2 Å². The van der Waals surface area contributed by atoms with Gasteiger partial charge in [-0.1, -0.05) is 36.9 Å². The van der Waals surface area contributed by atoms with Gasteiger partial charge in [-0.25, -0.2) is 0 Å². The topological polar surface area (TPSA) is 3.24 Å². The Morgan fingerprint density at radius 2 is 1.85 bits per heavy atom. The van der Waals surface area contributed by atoms with Gasteiger partial charge in [-0.2, -0.15) is 0 Å². The van der Waals surface area contributed by atoms with Gasteiger partial charge in [0.15, 0.2) is 0 Å². The van der Waals surface area contributed by atoms with Crippen LogP contribution in [0.3, 0.4) is 0 Å². The van der Waals surface area contributed by atoms with Crippen molar-refractivity contribution in [2.75, 3.05) is 14.1 Å². The van der Waals surface area contributed by atoms with Crippen LogP contribution in [0.1, 0.15) is 5.56 Å². The molecule has 0 aliphatic heterocycles. The van der Waals surface area contributed by atoms with E-state index in [9.17, 15) is 0 Å². The van der Waals surface area contributed by atoms with Gasteiger partial charge in [0.1, 0.15) is 0 Å². The first-order chi connectivity index (χ1) is 6.24. The first-order valence-corrected chi connectivity index (χ1v) is 4.30. The summed E-state index contributed by atoms with van der Waals surface area (Å²) in [7, 11) is 4.02. The highest BCUT2D eigenvalue weighted by molar-refractivity contribution is 5.54. The highest BCUT2D eigenvalue weighted by Crippen LogP contribution is 2.08. The maximum absolute atomic E-state index is 3.77. The maximum atomic E-state index is 3.77. The summed E-state index contributed by atoms with van der Waals surface area (Å²) >= 11 is 0. The summed E-state index contributed by atoms with van der Waals surface area (Å²) in [5, 5.41) is 0. The van der Waals surface area contributed by atoms with Gasteiger partial charge < -0.3 is 4.90 Å². The van der Waals surface area contributed by atoms with Crippen LogP contribution in [0.5, 0.6) is 0 Å². The molecule has 0 heterocycles. The van der Waals surface area contributed by atoms with E-state index in [1.54, 1.807) is 0 Å². The fraction of sp³-hybridized carbons (Fsp3) is 0.167. The average molecular weight is 173 g/mol. The zero-order valence-electron chi connectivity index (χ0n) is 8.20. The third-order valence-corrected chi connectivity index (χ3v) is 1.84. The predicted octanol–water partition coefficient (Wildman–Crippen LogP) is 2.78. The van der Waals surface area contributed by atoms with Crippen LogP contribution in [0.15, 0.2) is 48.7 Å². The normalized spacial score (nSPS) is 11.1. The Morgan fingerprint density at radius 3 is 2.31 bits per heavy atom. The Balaban J connectivity index is 2.92. The fourth-order valence-electron chi connectivity index (χ4n) is 1.09. The zero-order valence-corrected chi connectivity index (χ0v) is 8.20. The molecule has 68 valence electrons. The van der Waals surface area contributed by atoms with E-state index in [4.69, 9.17) is 0 Å². The van der Waals surface area contributed by atoms with Gasteiger partial charge in [0.25, 0.3) is 0 Å². The number of nitrogens with zero attached hydrogens (tertiary/aromatic N) is 1. The van der Waals surface area contributed by atoms with E-state index in [0.717, 1.165) is 5.70 Å². The van der Waals surface area contributed by atoms with E-state index >= 15 is 0 Å². The number of rotatable bonds is 3. The van der Waals surface area contributed by atoms with E-state index in [-0.39, 0.29) is 0 Å². The summed E-state index contributed by atoms with van der Waals surface area (Å²) in [4.78, 5) is 2.04. The quantitative estimate of drug-likeness (QED) is 0.635. The highest BCUT2D eigenvalue weighted by atomic mass is 15.1. The number of hydrogen-bond donors (Lipinski definition) is 0. The van der Waals surface area contributed by atoms with Crippen molar-refractivity contribution in [3.8, 4) is 0 Å². The van der Waals surface area contributed by atoms with Gasteiger partial charge in [0, 0.05) is 19.8 Å². The van der Waals surface area contributed by atoms with E-state index in [2.05, 4.69) is 24.8 Å². The second kappa shape index (κ2) is 4.51. The molecule has 1 heteroatoms. The molecule has 0 amide bonds. The van der Waals surface area contributed by atoms with Crippen LogP contribution in [-0.2, 0) is 0 Å². The molecule has 0 aromatic heterocycles. The Kier molecular flexibility index (Phi) is 3.32. The summed E-state index contributed by atoms with van der Waals surface area (Å²) in [6, 6.07) is 10.2. The summed E-state index contributed by atoms with van der Waals surface area (Å²) in [5.74, 6) is 0. The lowest BCUT2D eigenvalue weighted by atomic mass is 10.2. The van der Waals surface area contributed by atoms with Crippen LogP contribution < -0.4 is 0 Å². The van der Waals surface area contributed by atoms with Crippen molar-refractivity contribution in [1.29, 1.82) is 0 Å². The fourth-order valence-corrected chi connectivity index (χ4v) is 1.09. The molecule has 1 aromatic carbocycles. The van der Waals surface area contributed by atoms with Gasteiger partial charge in [-0.3, -0.25) is 0 Å². The molecule has 0 bridgehead atoms. The minimum absolute atomic E-state index is 1.12. The standard InChI is InChI=1S/C12H15N/c1-4-12(13(2)3)10-11-8-6-5-7-9-11/h4-10H,1H2,2-3H3. The average Bonchev–Trinajstić information content (AvgIpc) is 2.15. The molecule has 1 rings (SSSR count). The number of benzene rings is 1. The van der Waals surface area contributed by atoms with Gasteiger partial charge in [0.2, 0.25) is 0 Å². The summed E-state index contributed by atoms with van der Waals surface area (Å²) in [6.07, 6.45) is 3.96. The number of hydrogen-bond acceptors (Lipinski definition) is 1. The van der Waals surface area contributed by atoms with Crippen LogP contribution in [0.2, 0.25) is 0 Å². The van der Waals surface area contributed by atoms with E-state index in [1.165, 1.54) is 5.56 Å². The van der Waals surface area contributed by atoms with Crippen LogP contribution in [0.4, 0.5) is 0 Å². The lowest BCUT2D eigenvalue weighted by Crippen LogP contribution is -2.08. The number of allylic oxidation sites excluding steroid dienone is 1. The molecule has 0 fully saturated rings. The first-order valence-electron chi connectivity index (χ1n) is 4.30. The van der Waals surface area contributed by atoms with Crippen LogP contribution in [0.25, 0.3) is 6.08 Å². The molecule has 0 N–H and O–H groups in total. The summed E-state index contributed by atoms with van der Waals surface area (Å²) < 4.78 is 0. The molecule has 0 aliphatic rings. The van der Waals surface area contributed by atoms with Crippen molar-refractivity contribution in [3.63, 3.8) is 0 Å². The SMILES string of the molecule is C=CC(=Cc1ccccc1)N(C)C. The summed E-state index contributed by atoms with van der Waals surface area (Å²) in [5.41, 5.74) is 2.32. The molecular formula is C12H15N. The molecule has 0 saturated heterocycles. The second-order valence-corrected chi connectivity index (χ2v) is 3.08. The van der Waals surface area contributed by atoms with E-state index in [1.807, 2.05) is 43.3 Å². The van der Waals surface area contributed by atoms with Crippen LogP contribution in [-0.4, -0.2) is 19.0 Å². The molecule has 0 unspecified atom stereocenters. The zero-order chi connectivity index (χ0) is 9.68.